The molecule has 4 N–H and O–H groups in total. The van der Waals surface area contributed by atoms with Crippen molar-refractivity contribution < 1.29 is 18.0 Å². The lowest BCUT2D eigenvalue weighted by atomic mass is 10.0. The number of hydrogen-bond acceptors (Lipinski definition) is 4. The fourth-order valence-electron chi connectivity index (χ4n) is 3.03. The number of nitrogens with two attached hydrogens (primary N) is 1. The molecule has 0 saturated heterocycles. The van der Waals surface area contributed by atoms with Gasteiger partial charge >= 0.3 is 0 Å². The molecule has 0 aliphatic heterocycles. The number of benzene rings is 3. The van der Waals surface area contributed by atoms with E-state index in [1.54, 1.807) is 31.2 Å². The average Bonchev–Trinajstić information content (AvgIpc) is 2.77. The Bertz CT molecular complexity index is 1160. The third-order valence-electron chi connectivity index (χ3n) is 4.75. The molecule has 3 rings (SSSR count). The summed E-state index contributed by atoms with van der Waals surface area (Å²) in [5.41, 5.74) is 3.22. The quantitative estimate of drug-likeness (QED) is 0.526. The van der Waals surface area contributed by atoms with Crippen molar-refractivity contribution in [1.29, 1.82) is 0 Å². The molecule has 0 aliphatic rings. The first kappa shape index (κ1) is 22.2. The van der Waals surface area contributed by atoms with Crippen LogP contribution in [0.3, 0.4) is 0 Å². The summed E-state index contributed by atoms with van der Waals surface area (Å²) in [4.78, 5) is 24.5. The lowest BCUT2D eigenvalue weighted by molar-refractivity contribution is -0.120. The van der Waals surface area contributed by atoms with Gasteiger partial charge in [-0.3, -0.25) is 9.59 Å². The summed E-state index contributed by atoms with van der Waals surface area (Å²) >= 11 is 0. The SMILES string of the molecule is C[C@@H](NC(=O)CNC(=O)c1ccc(-c2ccccc2)cc1)c1ccc(S(N)(=O)=O)cc1. The van der Waals surface area contributed by atoms with Crippen LogP contribution in [-0.2, 0) is 14.8 Å². The first-order chi connectivity index (χ1) is 14.7. The molecule has 8 heteroatoms. The van der Waals surface area contributed by atoms with Gasteiger partial charge in [0.05, 0.1) is 17.5 Å². The molecule has 160 valence electrons. The molecule has 0 radical (unpaired) electrons. The third-order valence-corrected chi connectivity index (χ3v) is 5.68. The van der Waals surface area contributed by atoms with Gasteiger partial charge < -0.3 is 10.6 Å². The molecular formula is C23H23N3O4S. The van der Waals surface area contributed by atoms with Crippen LogP contribution in [0.2, 0.25) is 0 Å². The molecule has 0 bridgehead atoms. The highest BCUT2D eigenvalue weighted by Gasteiger charge is 2.13. The molecule has 3 aromatic carbocycles. The maximum atomic E-state index is 12.3. The Morgan fingerprint density at radius 3 is 2.03 bits per heavy atom. The molecular weight excluding hydrogens is 414 g/mol. The van der Waals surface area contributed by atoms with Gasteiger partial charge in [-0.05, 0) is 47.9 Å². The molecule has 0 saturated carbocycles. The molecule has 1 atom stereocenters. The fraction of sp³-hybridized carbons (Fsp3) is 0.130. The highest BCUT2D eigenvalue weighted by molar-refractivity contribution is 7.89. The molecule has 0 fully saturated rings. The summed E-state index contributed by atoms with van der Waals surface area (Å²) in [5.74, 6) is -0.711. The Balaban J connectivity index is 1.52. The lowest BCUT2D eigenvalue weighted by Crippen LogP contribution is -2.38. The lowest BCUT2D eigenvalue weighted by Gasteiger charge is -2.15. The van der Waals surface area contributed by atoms with Crippen LogP contribution in [0, 0.1) is 0 Å². The molecule has 31 heavy (non-hydrogen) atoms. The number of primary sulfonamides is 1. The van der Waals surface area contributed by atoms with Crippen molar-refractivity contribution in [3.05, 3.63) is 90.0 Å². The number of sulfonamides is 1. The Morgan fingerprint density at radius 1 is 0.871 bits per heavy atom. The van der Waals surface area contributed by atoms with E-state index in [2.05, 4.69) is 10.6 Å². The van der Waals surface area contributed by atoms with Gasteiger partial charge in [0.1, 0.15) is 0 Å². The predicted molar refractivity (Wildman–Crippen MR) is 119 cm³/mol. The van der Waals surface area contributed by atoms with Crippen LogP contribution in [0.1, 0.15) is 28.9 Å². The second-order valence-corrected chi connectivity index (χ2v) is 8.59. The van der Waals surface area contributed by atoms with Crippen LogP contribution in [0.4, 0.5) is 0 Å². The summed E-state index contributed by atoms with van der Waals surface area (Å²) in [7, 11) is -3.77. The van der Waals surface area contributed by atoms with Crippen molar-refractivity contribution in [3.8, 4) is 11.1 Å². The van der Waals surface area contributed by atoms with Crippen molar-refractivity contribution in [2.24, 2.45) is 5.14 Å². The van der Waals surface area contributed by atoms with Gasteiger partial charge in [0.2, 0.25) is 15.9 Å². The van der Waals surface area contributed by atoms with Gasteiger partial charge in [0, 0.05) is 5.56 Å². The van der Waals surface area contributed by atoms with Crippen LogP contribution in [0.15, 0.2) is 83.8 Å². The number of nitrogens with one attached hydrogen (secondary N) is 2. The van der Waals surface area contributed by atoms with Crippen LogP contribution < -0.4 is 15.8 Å². The van der Waals surface area contributed by atoms with E-state index in [4.69, 9.17) is 5.14 Å². The van der Waals surface area contributed by atoms with Gasteiger partial charge in [-0.2, -0.15) is 0 Å². The zero-order valence-corrected chi connectivity index (χ0v) is 17.7. The molecule has 0 unspecified atom stereocenters. The standard InChI is InChI=1S/C23H23N3O4S/c1-16(17-11-13-21(14-12-17)31(24,29)30)26-22(27)15-25-23(28)20-9-7-19(8-10-20)18-5-3-2-4-6-18/h2-14,16H,15H2,1H3,(H,25,28)(H,26,27)(H2,24,29,30)/t16-/m1/s1. The van der Waals surface area contributed by atoms with E-state index in [1.807, 2.05) is 42.5 Å². The molecule has 0 heterocycles. The molecule has 7 nitrogen and oxygen atoms in total. The number of rotatable bonds is 7. The second kappa shape index (κ2) is 9.55. The zero-order chi connectivity index (χ0) is 22.4. The van der Waals surface area contributed by atoms with Crippen molar-refractivity contribution in [2.45, 2.75) is 17.9 Å². The predicted octanol–water partition coefficient (Wildman–Crippen LogP) is 2.61. The monoisotopic (exact) mass is 437 g/mol. The Labute approximate surface area is 181 Å². The van der Waals surface area contributed by atoms with E-state index in [0.29, 0.717) is 11.1 Å². The minimum Gasteiger partial charge on any atom is -0.348 e. The summed E-state index contributed by atoms with van der Waals surface area (Å²) in [5, 5.41) is 10.4. The number of carbonyl (C=O) groups is 2. The minimum atomic E-state index is -3.77. The van der Waals surface area contributed by atoms with Gasteiger partial charge in [-0.25, -0.2) is 13.6 Å². The van der Waals surface area contributed by atoms with Crippen molar-refractivity contribution in [3.63, 3.8) is 0 Å². The van der Waals surface area contributed by atoms with E-state index < -0.39 is 10.0 Å². The Morgan fingerprint density at radius 2 is 1.45 bits per heavy atom. The van der Waals surface area contributed by atoms with Crippen molar-refractivity contribution >= 4 is 21.8 Å². The highest BCUT2D eigenvalue weighted by Crippen LogP contribution is 2.19. The van der Waals surface area contributed by atoms with E-state index >= 15 is 0 Å². The maximum Gasteiger partial charge on any atom is 0.251 e. The topological polar surface area (TPSA) is 118 Å². The minimum absolute atomic E-state index is 0.000299. The molecule has 2 amide bonds. The fourth-order valence-corrected chi connectivity index (χ4v) is 3.54. The van der Waals surface area contributed by atoms with E-state index in [9.17, 15) is 18.0 Å². The smallest absolute Gasteiger partial charge is 0.251 e. The van der Waals surface area contributed by atoms with Gasteiger partial charge in [0.15, 0.2) is 0 Å². The number of amides is 2. The normalized spacial score (nSPS) is 12.1. The molecule has 3 aromatic rings. The maximum absolute atomic E-state index is 12.3. The summed E-state index contributed by atoms with van der Waals surface area (Å²) in [6, 6.07) is 22.5. The van der Waals surface area contributed by atoms with Crippen LogP contribution in [-0.4, -0.2) is 26.8 Å². The Kier molecular flexibility index (Phi) is 6.84. The van der Waals surface area contributed by atoms with E-state index in [0.717, 1.165) is 11.1 Å². The molecule has 0 spiro atoms. The van der Waals surface area contributed by atoms with Crippen molar-refractivity contribution in [2.75, 3.05) is 6.54 Å². The number of hydrogen-bond donors (Lipinski definition) is 3. The second-order valence-electron chi connectivity index (χ2n) is 7.03. The van der Waals surface area contributed by atoms with Gasteiger partial charge in [-0.1, -0.05) is 54.6 Å². The average molecular weight is 438 g/mol. The van der Waals surface area contributed by atoms with E-state index in [-0.39, 0.29) is 29.3 Å². The first-order valence-corrected chi connectivity index (χ1v) is 11.1. The van der Waals surface area contributed by atoms with Gasteiger partial charge in [-0.15, -0.1) is 0 Å². The molecule has 0 aromatic heterocycles. The zero-order valence-electron chi connectivity index (χ0n) is 16.9. The Hall–Kier alpha value is -3.49. The van der Waals surface area contributed by atoms with Crippen LogP contribution in [0.25, 0.3) is 11.1 Å². The largest absolute Gasteiger partial charge is 0.348 e. The van der Waals surface area contributed by atoms with Crippen molar-refractivity contribution in [1.82, 2.24) is 10.6 Å². The van der Waals surface area contributed by atoms with E-state index in [1.165, 1.54) is 12.1 Å². The highest BCUT2D eigenvalue weighted by atomic mass is 32.2. The van der Waals surface area contributed by atoms with Crippen LogP contribution >= 0.6 is 0 Å². The summed E-state index contributed by atoms with van der Waals surface area (Å²) < 4.78 is 22.6. The van der Waals surface area contributed by atoms with Crippen LogP contribution in [0.5, 0.6) is 0 Å². The molecule has 0 aliphatic carbocycles. The van der Waals surface area contributed by atoms with Gasteiger partial charge in [0.25, 0.3) is 5.91 Å². The third kappa shape index (κ3) is 6.00. The first-order valence-electron chi connectivity index (χ1n) is 9.60. The summed E-state index contributed by atoms with van der Waals surface area (Å²) in [6.45, 7) is 1.58. The summed E-state index contributed by atoms with van der Waals surface area (Å²) in [6.07, 6.45) is 0. The number of carbonyl (C=O) groups excluding carboxylic acids is 2.